The molecule has 1 aromatic heterocycles. The number of pyridine rings is 1. The van der Waals surface area contributed by atoms with Gasteiger partial charge < -0.3 is 14.7 Å². The van der Waals surface area contributed by atoms with Crippen molar-refractivity contribution in [2.45, 2.75) is 32.0 Å². The summed E-state index contributed by atoms with van der Waals surface area (Å²) < 4.78 is 5.74. The highest BCUT2D eigenvalue weighted by Gasteiger charge is 2.46. The SMILES string of the molecule is C[C@H]1Cc2cc(C(O)=C3C(=O)C(=O)N(Cc4ccccc4)[C@@H]3c3cccnc3)ccc2O1. The van der Waals surface area contributed by atoms with Crippen LogP contribution in [-0.2, 0) is 22.6 Å². The molecule has 3 heterocycles. The Morgan fingerprint density at radius 1 is 1.12 bits per heavy atom. The molecule has 6 nitrogen and oxygen atoms in total. The largest absolute Gasteiger partial charge is 0.507 e. The Bertz CT molecular complexity index is 1220. The summed E-state index contributed by atoms with van der Waals surface area (Å²) in [5.74, 6) is -0.739. The molecule has 0 unspecified atom stereocenters. The molecular formula is C26H22N2O4. The third-order valence-corrected chi connectivity index (χ3v) is 5.91. The second-order valence-corrected chi connectivity index (χ2v) is 8.15. The van der Waals surface area contributed by atoms with Crippen LogP contribution in [0.3, 0.4) is 0 Å². The number of Topliss-reactive ketones (excluding diaryl/α,β-unsaturated/α-hetero) is 1. The molecule has 2 aromatic carbocycles. The molecule has 0 radical (unpaired) electrons. The van der Waals surface area contributed by atoms with Crippen molar-refractivity contribution in [3.63, 3.8) is 0 Å². The van der Waals surface area contributed by atoms with Crippen molar-refractivity contribution in [2.24, 2.45) is 0 Å². The van der Waals surface area contributed by atoms with Crippen molar-refractivity contribution >= 4 is 17.4 Å². The number of amides is 1. The first kappa shape index (κ1) is 20.0. The Hall–Kier alpha value is -3.93. The Balaban J connectivity index is 1.62. The van der Waals surface area contributed by atoms with Gasteiger partial charge in [-0.3, -0.25) is 14.6 Å². The lowest BCUT2D eigenvalue weighted by Crippen LogP contribution is -2.29. The lowest BCUT2D eigenvalue weighted by atomic mass is 9.95. The molecule has 1 amide bonds. The maximum absolute atomic E-state index is 13.1. The maximum atomic E-state index is 13.1. The Morgan fingerprint density at radius 2 is 1.94 bits per heavy atom. The maximum Gasteiger partial charge on any atom is 0.295 e. The van der Waals surface area contributed by atoms with Crippen molar-refractivity contribution in [2.75, 3.05) is 0 Å². The van der Waals surface area contributed by atoms with Crippen LogP contribution in [0.15, 0.2) is 78.6 Å². The van der Waals surface area contributed by atoms with Crippen LogP contribution in [0.2, 0.25) is 0 Å². The second-order valence-electron chi connectivity index (χ2n) is 8.15. The number of hydrogen-bond acceptors (Lipinski definition) is 5. The van der Waals surface area contributed by atoms with Crippen LogP contribution in [0.4, 0.5) is 0 Å². The highest BCUT2D eigenvalue weighted by Crippen LogP contribution is 2.41. The van der Waals surface area contributed by atoms with Gasteiger partial charge in [0.05, 0.1) is 11.6 Å². The monoisotopic (exact) mass is 426 g/mol. The summed E-state index contributed by atoms with van der Waals surface area (Å²) in [7, 11) is 0. The van der Waals surface area contributed by atoms with Gasteiger partial charge in [0.2, 0.25) is 0 Å². The molecule has 1 fully saturated rings. The number of carbonyl (C=O) groups excluding carboxylic acids is 2. The number of rotatable bonds is 4. The van der Waals surface area contributed by atoms with E-state index >= 15 is 0 Å². The summed E-state index contributed by atoms with van der Waals surface area (Å²) in [5, 5.41) is 11.2. The first-order valence-corrected chi connectivity index (χ1v) is 10.5. The van der Waals surface area contributed by atoms with Gasteiger partial charge in [0.1, 0.15) is 17.6 Å². The van der Waals surface area contributed by atoms with Crippen molar-refractivity contribution in [3.05, 3.63) is 101 Å². The van der Waals surface area contributed by atoms with Crippen LogP contribution >= 0.6 is 0 Å². The number of ether oxygens (including phenoxy) is 1. The average Bonchev–Trinajstić information content (AvgIpc) is 3.31. The zero-order chi connectivity index (χ0) is 22.2. The predicted octanol–water partition coefficient (Wildman–Crippen LogP) is 4.03. The first-order chi connectivity index (χ1) is 15.5. The van der Waals surface area contributed by atoms with Crippen molar-refractivity contribution in [1.29, 1.82) is 0 Å². The van der Waals surface area contributed by atoms with Crippen LogP contribution in [0, 0.1) is 0 Å². The van der Waals surface area contributed by atoms with Gasteiger partial charge in [-0.2, -0.15) is 0 Å². The molecule has 0 bridgehead atoms. The second kappa shape index (κ2) is 7.96. The number of likely N-dealkylation sites (tertiary alicyclic amines) is 1. The van der Waals surface area contributed by atoms with Crippen LogP contribution in [-0.4, -0.2) is 32.8 Å². The minimum Gasteiger partial charge on any atom is -0.507 e. The molecule has 0 saturated carbocycles. The van der Waals surface area contributed by atoms with Gasteiger partial charge in [0.25, 0.3) is 11.7 Å². The van der Waals surface area contributed by atoms with Gasteiger partial charge in [-0.05, 0) is 47.9 Å². The zero-order valence-electron chi connectivity index (χ0n) is 17.6. The molecule has 6 heteroatoms. The number of nitrogens with zero attached hydrogens (tertiary/aromatic N) is 2. The van der Waals surface area contributed by atoms with Crippen LogP contribution in [0.1, 0.15) is 35.2 Å². The molecule has 5 rings (SSSR count). The van der Waals surface area contributed by atoms with E-state index in [2.05, 4.69) is 4.98 Å². The first-order valence-electron chi connectivity index (χ1n) is 10.5. The molecule has 1 N–H and O–H groups in total. The van der Waals surface area contributed by atoms with Crippen molar-refractivity contribution in [3.8, 4) is 5.75 Å². The molecular weight excluding hydrogens is 404 g/mol. The van der Waals surface area contributed by atoms with Gasteiger partial charge in [-0.25, -0.2) is 0 Å². The van der Waals surface area contributed by atoms with Crippen molar-refractivity contribution < 1.29 is 19.4 Å². The molecule has 2 aliphatic rings. The standard InChI is InChI=1S/C26H22N2O4/c1-16-12-20-13-18(9-10-21(20)32-16)24(29)22-23(19-8-5-11-27-14-19)28(26(31)25(22)30)15-17-6-3-2-4-7-17/h2-11,13-14,16,23,29H,12,15H2,1H3/t16-,23+/m0/s1. The minimum atomic E-state index is -0.729. The fraction of sp³-hybridized carbons (Fsp3) is 0.192. The van der Waals surface area contributed by atoms with E-state index in [-0.39, 0.29) is 24.0 Å². The molecule has 32 heavy (non-hydrogen) atoms. The fourth-order valence-corrected chi connectivity index (χ4v) is 4.43. The summed E-state index contributed by atoms with van der Waals surface area (Å²) in [6.07, 6.45) is 4.05. The number of aromatic nitrogens is 1. The average molecular weight is 426 g/mol. The third kappa shape index (κ3) is 3.43. The van der Waals surface area contributed by atoms with Gasteiger partial charge >= 0.3 is 0 Å². The van der Waals surface area contributed by atoms with Crippen LogP contribution in [0.25, 0.3) is 5.76 Å². The highest BCUT2D eigenvalue weighted by atomic mass is 16.5. The number of carbonyl (C=O) groups is 2. The van der Waals surface area contributed by atoms with E-state index in [1.165, 1.54) is 4.90 Å². The summed E-state index contributed by atoms with van der Waals surface area (Å²) in [6.45, 7) is 2.23. The summed E-state index contributed by atoms with van der Waals surface area (Å²) in [5.41, 5.74) is 3.10. The predicted molar refractivity (Wildman–Crippen MR) is 119 cm³/mol. The number of ketones is 1. The lowest BCUT2D eigenvalue weighted by molar-refractivity contribution is -0.140. The molecule has 3 aromatic rings. The summed E-state index contributed by atoms with van der Waals surface area (Å²) >= 11 is 0. The zero-order valence-corrected chi connectivity index (χ0v) is 17.6. The molecule has 2 atom stereocenters. The molecule has 160 valence electrons. The highest BCUT2D eigenvalue weighted by molar-refractivity contribution is 6.46. The number of hydrogen-bond donors (Lipinski definition) is 1. The quantitative estimate of drug-likeness (QED) is 0.387. The molecule has 0 aliphatic carbocycles. The fourth-order valence-electron chi connectivity index (χ4n) is 4.43. The number of aliphatic hydroxyl groups excluding tert-OH is 1. The Kier molecular flexibility index (Phi) is 4.98. The lowest BCUT2D eigenvalue weighted by Gasteiger charge is -2.25. The van der Waals surface area contributed by atoms with Gasteiger partial charge in [-0.1, -0.05) is 36.4 Å². The smallest absolute Gasteiger partial charge is 0.295 e. The minimum absolute atomic E-state index is 0.0641. The molecule has 1 saturated heterocycles. The number of aliphatic hydroxyl groups is 1. The van der Waals surface area contributed by atoms with E-state index in [0.29, 0.717) is 11.1 Å². The molecule has 0 spiro atoms. The van der Waals surface area contributed by atoms with Crippen LogP contribution in [0.5, 0.6) is 5.75 Å². The van der Waals surface area contributed by atoms with E-state index in [1.54, 1.807) is 30.6 Å². The van der Waals surface area contributed by atoms with Crippen molar-refractivity contribution in [1.82, 2.24) is 9.88 Å². The molecule has 2 aliphatic heterocycles. The topological polar surface area (TPSA) is 79.7 Å². The van der Waals surface area contributed by atoms with Crippen LogP contribution < -0.4 is 4.74 Å². The summed E-state index contributed by atoms with van der Waals surface area (Å²) in [6, 6.07) is 17.7. The van der Waals surface area contributed by atoms with Gasteiger partial charge in [0, 0.05) is 30.9 Å². The van der Waals surface area contributed by atoms with E-state index in [4.69, 9.17) is 4.74 Å². The van der Waals surface area contributed by atoms with E-state index < -0.39 is 17.7 Å². The van der Waals surface area contributed by atoms with Gasteiger partial charge in [-0.15, -0.1) is 0 Å². The Morgan fingerprint density at radius 3 is 2.69 bits per heavy atom. The van der Waals surface area contributed by atoms with E-state index in [0.717, 1.165) is 23.3 Å². The van der Waals surface area contributed by atoms with E-state index in [1.807, 2.05) is 49.4 Å². The van der Waals surface area contributed by atoms with Gasteiger partial charge in [0.15, 0.2) is 0 Å². The number of benzene rings is 2. The normalized spacial score (nSPS) is 21.5. The Labute approximate surface area is 185 Å². The third-order valence-electron chi connectivity index (χ3n) is 5.91. The summed E-state index contributed by atoms with van der Waals surface area (Å²) in [4.78, 5) is 31.9. The number of fused-ring (bicyclic) bond motifs is 1. The van der Waals surface area contributed by atoms with E-state index in [9.17, 15) is 14.7 Å².